The number of piperazine rings is 1. The van der Waals surface area contributed by atoms with Gasteiger partial charge in [-0.25, -0.2) is 4.90 Å². The van der Waals surface area contributed by atoms with Gasteiger partial charge >= 0.3 is 0 Å². The van der Waals surface area contributed by atoms with E-state index in [1.54, 1.807) is 0 Å². The summed E-state index contributed by atoms with van der Waals surface area (Å²) in [5.41, 5.74) is 2.95. The van der Waals surface area contributed by atoms with E-state index < -0.39 is 0 Å². The minimum absolute atomic E-state index is 0.0612. The van der Waals surface area contributed by atoms with Gasteiger partial charge < -0.3 is 14.5 Å². The molecule has 3 aliphatic carbocycles. The number of amides is 1. The highest BCUT2D eigenvalue weighted by Crippen LogP contribution is 2.53. The van der Waals surface area contributed by atoms with Gasteiger partial charge in [-0.15, -0.1) is 11.6 Å². The van der Waals surface area contributed by atoms with Crippen molar-refractivity contribution in [2.75, 3.05) is 39.8 Å². The highest BCUT2D eigenvalue weighted by molar-refractivity contribution is 6.21. The number of hydrogen-bond acceptors (Lipinski definition) is 7. The molecule has 8 nitrogen and oxygen atoms in total. The number of nitriles is 1. The van der Waals surface area contributed by atoms with E-state index in [1.807, 2.05) is 4.90 Å². The molecule has 1 N–H and O–H groups in total. The van der Waals surface area contributed by atoms with Crippen molar-refractivity contribution in [1.82, 2.24) is 24.9 Å². The zero-order valence-electron chi connectivity index (χ0n) is 29.8. The molecule has 49 heavy (non-hydrogen) atoms. The molecule has 0 aromatic heterocycles. The predicted molar refractivity (Wildman–Crippen MR) is 195 cm³/mol. The Hall–Kier alpha value is -1.99. The van der Waals surface area contributed by atoms with Gasteiger partial charge in [0.25, 0.3) is 0 Å². The monoisotopic (exact) mass is 690 g/mol. The number of likely N-dealkylation sites (N-methyl/N-ethyl adjacent to an activating group) is 1. The van der Waals surface area contributed by atoms with Crippen LogP contribution in [0.1, 0.15) is 94.6 Å². The predicted octanol–water partition coefficient (Wildman–Crippen LogP) is 5.90. The molecule has 1 spiro atoms. The smallest absolute Gasteiger partial charge is 0.246 e. The number of nitrogens with zero attached hydrogens (tertiary/aromatic N) is 5. The average molecular weight is 691 g/mol. The van der Waals surface area contributed by atoms with Gasteiger partial charge in [0.05, 0.1) is 31.3 Å². The van der Waals surface area contributed by atoms with Gasteiger partial charge in [0.1, 0.15) is 0 Å². The molecular weight excluding hydrogens is 632 g/mol. The number of carbonyl (C=O) groups is 1. The highest BCUT2D eigenvalue weighted by atomic mass is 35.5. The zero-order chi connectivity index (χ0) is 34.0. The SMILES string of the molecule is C=CC(=O)N1CCN(C2C3CCC4(Cc5ccccc5CC4Cl)CC3NC(OCC3CCCN3C)N2C2CCCCCCC2)CC1CC#N. The Labute approximate surface area is 300 Å². The number of hydrogen-bond donors (Lipinski definition) is 1. The lowest BCUT2D eigenvalue weighted by Gasteiger charge is -2.61. The van der Waals surface area contributed by atoms with Crippen LogP contribution in [0.25, 0.3) is 0 Å². The standard InChI is InChI=1S/C40H59ClN6O2/c1-3-37(48)46-23-22-45(27-32(46)18-20-42)38-34-17-19-40(25-30-13-10-9-12-29(30)24-36(40)41)26-35(34)43-39(49-28-33-16-11-21-44(33)2)47(38)31-14-7-5-4-6-8-15-31/h3,9-10,12-13,31-36,38-39,43H,1,4-8,11,14-19,21-28H2,2H3. The van der Waals surface area contributed by atoms with Crippen LogP contribution >= 0.6 is 11.6 Å². The van der Waals surface area contributed by atoms with E-state index in [2.05, 4.69) is 64.0 Å². The lowest BCUT2D eigenvalue weighted by Crippen LogP contribution is -2.75. The third-order valence-corrected chi connectivity index (χ3v) is 14.1. The summed E-state index contributed by atoms with van der Waals surface area (Å²) in [4.78, 5) is 22.8. The maximum Gasteiger partial charge on any atom is 0.246 e. The van der Waals surface area contributed by atoms with Crippen molar-refractivity contribution in [3.8, 4) is 6.07 Å². The second kappa shape index (κ2) is 15.7. The molecule has 6 aliphatic rings. The minimum Gasteiger partial charge on any atom is -0.348 e. The van der Waals surface area contributed by atoms with Crippen molar-refractivity contribution in [2.24, 2.45) is 11.3 Å². The lowest BCUT2D eigenvalue weighted by atomic mass is 9.59. The van der Waals surface area contributed by atoms with Crippen molar-refractivity contribution in [2.45, 2.75) is 138 Å². The van der Waals surface area contributed by atoms with Gasteiger partial charge in [-0.1, -0.05) is 62.9 Å². The molecule has 268 valence electrons. The second-order valence-electron chi connectivity index (χ2n) is 16.2. The molecule has 8 atom stereocenters. The fraction of sp³-hybridized carbons (Fsp3) is 0.750. The number of rotatable bonds is 7. The number of benzene rings is 1. The summed E-state index contributed by atoms with van der Waals surface area (Å²) in [6.07, 6.45) is 18.3. The number of nitrogens with one attached hydrogen (secondary N) is 1. The van der Waals surface area contributed by atoms with Gasteiger partial charge in [-0.2, -0.15) is 5.26 Å². The van der Waals surface area contributed by atoms with E-state index >= 15 is 0 Å². The summed E-state index contributed by atoms with van der Waals surface area (Å²) >= 11 is 7.43. The summed E-state index contributed by atoms with van der Waals surface area (Å²) in [6.45, 7) is 7.78. The van der Waals surface area contributed by atoms with E-state index in [0.29, 0.717) is 37.5 Å². The normalized spacial score (nSPS) is 36.8. The van der Waals surface area contributed by atoms with Crippen LogP contribution in [0.2, 0.25) is 0 Å². The molecule has 3 saturated heterocycles. The van der Waals surface area contributed by atoms with Crippen molar-refractivity contribution in [1.29, 1.82) is 5.26 Å². The summed E-state index contributed by atoms with van der Waals surface area (Å²) in [7, 11) is 2.24. The molecule has 1 aromatic rings. The van der Waals surface area contributed by atoms with Crippen LogP contribution in [0.3, 0.4) is 0 Å². The average Bonchev–Trinajstić information content (AvgIpc) is 3.51. The largest absolute Gasteiger partial charge is 0.348 e. The maximum atomic E-state index is 12.9. The quantitative estimate of drug-likeness (QED) is 0.282. The first-order valence-electron chi connectivity index (χ1n) is 19.5. The third-order valence-electron chi connectivity index (χ3n) is 13.4. The Bertz CT molecular complexity index is 1350. The lowest BCUT2D eigenvalue weighted by molar-refractivity contribution is -0.219. The zero-order valence-corrected chi connectivity index (χ0v) is 30.5. The molecule has 2 saturated carbocycles. The summed E-state index contributed by atoms with van der Waals surface area (Å²) in [5, 5.41) is 14.2. The van der Waals surface area contributed by atoms with Crippen LogP contribution in [0.15, 0.2) is 36.9 Å². The molecule has 1 aromatic carbocycles. The number of alkyl halides is 1. The Morgan fingerprint density at radius 1 is 1.06 bits per heavy atom. The summed E-state index contributed by atoms with van der Waals surface area (Å²) in [6, 6.07) is 12.4. The number of halogens is 1. The van der Waals surface area contributed by atoms with Gasteiger partial charge in [0.15, 0.2) is 6.35 Å². The third kappa shape index (κ3) is 7.36. The Morgan fingerprint density at radius 2 is 1.84 bits per heavy atom. The van der Waals surface area contributed by atoms with Crippen LogP contribution in [-0.4, -0.2) is 107 Å². The molecule has 7 rings (SSSR count). The summed E-state index contributed by atoms with van der Waals surface area (Å²) < 4.78 is 7.14. The van der Waals surface area contributed by atoms with E-state index in [1.165, 1.54) is 75.0 Å². The fourth-order valence-corrected chi connectivity index (χ4v) is 11.2. The molecule has 0 bridgehead atoms. The second-order valence-corrected chi connectivity index (χ2v) is 16.8. The minimum atomic E-state index is -0.174. The first-order valence-corrected chi connectivity index (χ1v) is 19.9. The van der Waals surface area contributed by atoms with Crippen LogP contribution in [0.4, 0.5) is 0 Å². The molecule has 3 aliphatic heterocycles. The molecule has 5 fully saturated rings. The van der Waals surface area contributed by atoms with Crippen molar-refractivity contribution >= 4 is 17.5 Å². The van der Waals surface area contributed by atoms with E-state index in [4.69, 9.17) is 16.3 Å². The van der Waals surface area contributed by atoms with Gasteiger partial charge in [-0.05, 0) is 94.0 Å². The van der Waals surface area contributed by atoms with Gasteiger partial charge in [-0.3, -0.25) is 15.0 Å². The Balaban J connectivity index is 1.23. The van der Waals surface area contributed by atoms with Crippen LogP contribution in [-0.2, 0) is 22.4 Å². The fourth-order valence-electron chi connectivity index (χ4n) is 10.7. The Morgan fingerprint density at radius 3 is 2.57 bits per heavy atom. The van der Waals surface area contributed by atoms with Gasteiger partial charge in [0.2, 0.25) is 5.91 Å². The van der Waals surface area contributed by atoms with Crippen LogP contribution in [0.5, 0.6) is 0 Å². The number of ether oxygens (including phenoxy) is 1. The summed E-state index contributed by atoms with van der Waals surface area (Å²) in [5.74, 6) is 0.350. The highest BCUT2D eigenvalue weighted by Gasteiger charge is 2.55. The first kappa shape index (κ1) is 35.4. The van der Waals surface area contributed by atoms with Crippen molar-refractivity contribution in [3.05, 3.63) is 48.0 Å². The van der Waals surface area contributed by atoms with Crippen LogP contribution < -0.4 is 5.32 Å². The molecule has 8 unspecified atom stereocenters. The molecular formula is C40H59ClN6O2. The molecule has 0 radical (unpaired) electrons. The van der Waals surface area contributed by atoms with Crippen molar-refractivity contribution in [3.63, 3.8) is 0 Å². The number of likely N-dealkylation sites (tertiary alicyclic amines) is 1. The van der Waals surface area contributed by atoms with Crippen LogP contribution in [0, 0.1) is 22.7 Å². The maximum absolute atomic E-state index is 12.9. The van der Waals surface area contributed by atoms with Crippen molar-refractivity contribution < 1.29 is 9.53 Å². The first-order chi connectivity index (χ1) is 23.9. The molecule has 9 heteroatoms. The van der Waals surface area contributed by atoms with E-state index in [0.717, 1.165) is 51.8 Å². The van der Waals surface area contributed by atoms with E-state index in [9.17, 15) is 10.1 Å². The molecule has 3 heterocycles. The topological polar surface area (TPSA) is 75.1 Å². The Kier molecular flexibility index (Phi) is 11.4. The molecule has 1 amide bonds. The van der Waals surface area contributed by atoms with Gasteiger partial charge in [0, 0.05) is 49.1 Å². The van der Waals surface area contributed by atoms with E-state index in [-0.39, 0.29) is 41.3 Å². The number of fused-ring (bicyclic) bond motifs is 2. The number of carbonyl (C=O) groups excluding carboxylic acids is 1.